The summed E-state index contributed by atoms with van der Waals surface area (Å²) in [4.78, 5) is 0. The summed E-state index contributed by atoms with van der Waals surface area (Å²) in [6, 6.07) is 2.95. The summed E-state index contributed by atoms with van der Waals surface area (Å²) in [5, 5.41) is 8.39. The molecule has 0 saturated carbocycles. The Morgan fingerprint density at radius 1 is 1.00 bits per heavy atom. The Bertz CT molecular complexity index is 358. The molecule has 6 heteroatoms. The first-order valence-electron chi connectivity index (χ1n) is 4.44. The van der Waals surface area contributed by atoms with Gasteiger partial charge in [0.05, 0.1) is 5.56 Å². The molecule has 0 fully saturated rings. The third-order valence-corrected chi connectivity index (χ3v) is 2.04. The number of benzene rings is 1. The Kier molecular flexibility index (Phi) is 3.52. The molecule has 0 saturated heterocycles. The highest BCUT2D eigenvalue weighted by Crippen LogP contribution is 2.35. The summed E-state index contributed by atoms with van der Waals surface area (Å²) in [6.45, 7) is -0.788. The lowest BCUT2D eigenvalue weighted by Gasteiger charge is -2.17. The van der Waals surface area contributed by atoms with Crippen LogP contribution in [-0.4, -0.2) is 11.7 Å². The van der Waals surface area contributed by atoms with E-state index in [9.17, 15) is 22.0 Å². The second kappa shape index (κ2) is 4.37. The molecule has 0 radical (unpaired) electrons. The topological polar surface area (TPSA) is 20.2 Å². The van der Waals surface area contributed by atoms with Crippen molar-refractivity contribution in [1.29, 1.82) is 0 Å². The van der Waals surface area contributed by atoms with Gasteiger partial charge in [0.15, 0.2) is 0 Å². The average molecular weight is 240 g/mol. The van der Waals surface area contributed by atoms with Crippen LogP contribution in [0.25, 0.3) is 0 Å². The summed E-state index contributed by atoms with van der Waals surface area (Å²) in [7, 11) is 0. The van der Waals surface area contributed by atoms with Crippen LogP contribution in [0.3, 0.4) is 0 Å². The average Bonchev–Trinajstić information content (AvgIpc) is 2.16. The molecule has 90 valence electrons. The number of aliphatic hydroxyl groups is 1. The molecule has 0 aliphatic rings. The molecule has 1 nitrogen and oxygen atoms in total. The lowest BCUT2D eigenvalue weighted by Crippen LogP contribution is -2.16. The minimum absolute atomic E-state index is 0.398. The Labute approximate surface area is 88.5 Å². The Balaban J connectivity index is 3.08. The van der Waals surface area contributed by atoms with Gasteiger partial charge in [-0.2, -0.15) is 13.2 Å². The quantitative estimate of drug-likeness (QED) is 0.804. The molecule has 0 aliphatic heterocycles. The molecule has 0 atom stereocenters. The first kappa shape index (κ1) is 12.9. The highest BCUT2D eigenvalue weighted by molar-refractivity contribution is 5.28. The van der Waals surface area contributed by atoms with Crippen molar-refractivity contribution >= 4 is 0 Å². The molecule has 1 N–H and O–H groups in total. The van der Waals surface area contributed by atoms with Crippen molar-refractivity contribution in [3.63, 3.8) is 0 Å². The Morgan fingerprint density at radius 2 is 1.56 bits per heavy atom. The largest absolute Gasteiger partial charge is 0.416 e. The molecule has 0 aromatic heterocycles. The SMILES string of the molecule is OCCC(F)(F)c1cccc(C(F)(F)F)c1. The second-order valence-electron chi connectivity index (χ2n) is 3.26. The number of alkyl halides is 5. The minimum Gasteiger partial charge on any atom is -0.396 e. The van der Waals surface area contributed by atoms with Crippen molar-refractivity contribution in [2.75, 3.05) is 6.61 Å². The van der Waals surface area contributed by atoms with Crippen molar-refractivity contribution in [2.45, 2.75) is 18.5 Å². The molecule has 1 rings (SSSR count). The molecule has 1 aromatic carbocycles. The summed E-state index contributed by atoms with van der Waals surface area (Å²) >= 11 is 0. The van der Waals surface area contributed by atoms with Gasteiger partial charge in [0.2, 0.25) is 0 Å². The summed E-state index contributed by atoms with van der Waals surface area (Å²) in [5.74, 6) is -3.45. The van der Waals surface area contributed by atoms with Crippen LogP contribution in [0.4, 0.5) is 22.0 Å². The predicted molar refractivity (Wildman–Crippen MR) is 47.0 cm³/mol. The fraction of sp³-hybridized carbons (Fsp3) is 0.400. The monoisotopic (exact) mass is 240 g/mol. The van der Waals surface area contributed by atoms with E-state index in [-0.39, 0.29) is 0 Å². The van der Waals surface area contributed by atoms with Crippen molar-refractivity contribution in [3.05, 3.63) is 35.4 Å². The van der Waals surface area contributed by atoms with Gasteiger partial charge in [-0.1, -0.05) is 12.1 Å². The standard InChI is InChI=1S/C10H9F5O/c11-9(12,4-5-16)7-2-1-3-8(6-7)10(13,14)15/h1-3,6,16H,4-5H2. The van der Waals surface area contributed by atoms with Gasteiger partial charge < -0.3 is 5.11 Å². The second-order valence-corrected chi connectivity index (χ2v) is 3.26. The van der Waals surface area contributed by atoms with Crippen molar-refractivity contribution in [2.24, 2.45) is 0 Å². The van der Waals surface area contributed by atoms with Crippen LogP contribution in [0.15, 0.2) is 24.3 Å². The number of rotatable bonds is 3. The van der Waals surface area contributed by atoms with E-state index in [1.54, 1.807) is 0 Å². The first-order chi connectivity index (χ1) is 7.27. The van der Waals surface area contributed by atoms with Crippen LogP contribution in [0.2, 0.25) is 0 Å². The fourth-order valence-electron chi connectivity index (χ4n) is 1.21. The molecule has 16 heavy (non-hydrogen) atoms. The van der Waals surface area contributed by atoms with Crippen LogP contribution in [0, 0.1) is 0 Å². The van der Waals surface area contributed by atoms with Crippen LogP contribution in [0.1, 0.15) is 17.5 Å². The molecule has 0 bridgehead atoms. The van der Waals surface area contributed by atoms with E-state index in [4.69, 9.17) is 5.11 Å². The van der Waals surface area contributed by atoms with Crippen LogP contribution < -0.4 is 0 Å². The molecule has 0 heterocycles. The van der Waals surface area contributed by atoms with Crippen LogP contribution >= 0.6 is 0 Å². The maximum Gasteiger partial charge on any atom is 0.416 e. The third-order valence-electron chi connectivity index (χ3n) is 2.04. The smallest absolute Gasteiger partial charge is 0.396 e. The maximum atomic E-state index is 13.2. The van der Waals surface area contributed by atoms with E-state index in [1.165, 1.54) is 0 Å². The van der Waals surface area contributed by atoms with Crippen LogP contribution in [-0.2, 0) is 12.1 Å². The number of hydrogen-bond acceptors (Lipinski definition) is 1. The zero-order chi connectivity index (χ0) is 12.4. The van der Waals surface area contributed by atoms with Gasteiger partial charge in [0.25, 0.3) is 5.92 Å². The Hall–Kier alpha value is -1.17. The van der Waals surface area contributed by atoms with E-state index in [0.29, 0.717) is 6.07 Å². The molecule has 0 amide bonds. The lowest BCUT2D eigenvalue weighted by atomic mass is 10.0. The van der Waals surface area contributed by atoms with E-state index < -0.39 is 36.3 Å². The molecule has 0 spiro atoms. The molecular weight excluding hydrogens is 231 g/mol. The molecule has 1 aromatic rings. The van der Waals surface area contributed by atoms with Gasteiger partial charge in [0.1, 0.15) is 0 Å². The normalized spacial score (nSPS) is 12.9. The molecule has 0 unspecified atom stereocenters. The van der Waals surface area contributed by atoms with Gasteiger partial charge in [-0.15, -0.1) is 0 Å². The van der Waals surface area contributed by atoms with E-state index in [1.807, 2.05) is 0 Å². The zero-order valence-corrected chi connectivity index (χ0v) is 8.06. The lowest BCUT2D eigenvalue weighted by molar-refractivity contribution is -0.137. The molecule has 0 aliphatic carbocycles. The Morgan fingerprint density at radius 3 is 2.06 bits per heavy atom. The van der Waals surface area contributed by atoms with Gasteiger partial charge in [-0.05, 0) is 12.1 Å². The number of halogens is 5. The highest BCUT2D eigenvalue weighted by Gasteiger charge is 2.35. The van der Waals surface area contributed by atoms with Gasteiger partial charge in [-0.25, -0.2) is 8.78 Å². The van der Waals surface area contributed by atoms with Crippen LogP contribution in [0.5, 0.6) is 0 Å². The van der Waals surface area contributed by atoms with Crippen molar-refractivity contribution in [1.82, 2.24) is 0 Å². The van der Waals surface area contributed by atoms with Gasteiger partial charge >= 0.3 is 6.18 Å². The maximum absolute atomic E-state index is 13.2. The van der Waals surface area contributed by atoms with Gasteiger partial charge in [-0.3, -0.25) is 0 Å². The van der Waals surface area contributed by atoms with E-state index >= 15 is 0 Å². The zero-order valence-electron chi connectivity index (χ0n) is 8.06. The van der Waals surface area contributed by atoms with E-state index in [2.05, 4.69) is 0 Å². The molecular formula is C10H9F5O. The fourth-order valence-corrected chi connectivity index (χ4v) is 1.21. The summed E-state index contributed by atoms with van der Waals surface area (Å²) in [5.41, 5.74) is -1.86. The first-order valence-corrected chi connectivity index (χ1v) is 4.44. The summed E-state index contributed by atoms with van der Waals surface area (Å²) in [6.07, 6.45) is -5.54. The minimum atomic E-state index is -4.65. The third kappa shape index (κ3) is 2.91. The number of hydrogen-bond donors (Lipinski definition) is 1. The van der Waals surface area contributed by atoms with Crippen molar-refractivity contribution in [3.8, 4) is 0 Å². The van der Waals surface area contributed by atoms with Gasteiger partial charge in [0, 0.05) is 18.6 Å². The predicted octanol–water partition coefficient (Wildman–Crippen LogP) is 3.18. The summed E-state index contributed by atoms with van der Waals surface area (Å²) < 4.78 is 63.1. The highest BCUT2D eigenvalue weighted by atomic mass is 19.4. The van der Waals surface area contributed by atoms with E-state index in [0.717, 1.165) is 18.2 Å². The number of aliphatic hydroxyl groups excluding tert-OH is 1. The van der Waals surface area contributed by atoms with Crippen molar-refractivity contribution < 1.29 is 27.1 Å².